The number of benzene rings is 3. The third kappa shape index (κ3) is 5.71. The average molecular weight is 475 g/mol. The van der Waals surface area contributed by atoms with Crippen molar-refractivity contribution in [2.45, 2.75) is 64.5 Å². The standard InChI is InChI=1S/C30H34O5/c1-4-26-22(3)27(33-19-23-11-7-5-8-12-23)29(34-20-24-13-9-6-10-14-24)30(32,35-26)28(31)25-17-15-21(2)16-18-25/h5-18,22,26-27,29,32H,4,19-20H2,1-3H3/t22-,26-,27+,29-,30+/m1/s1. The molecule has 1 aliphatic heterocycles. The second kappa shape index (κ2) is 11.3. The van der Waals surface area contributed by atoms with E-state index in [-0.39, 0.29) is 18.6 Å². The van der Waals surface area contributed by atoms with Crippen molar-refractivity contribution < 1.29 is 24.1 Å². The number of carbonyl (C=O) groups is 1. The number of aliphatic hydroxyl groups is 1. The molecule has 0 aromatic heterocycles. The predicted octanol–water partition coefficient (Wildman–Crippen LogP) is 5.48. The first-order valence-corrected chi connectivity index (χ1v) is 12.2. The molecule has 0 saturated carbocycles. The monoisotopic (exact) mass is 474 g/mol. The predicted molar refractivity (Wildman–Crippen MR) is 135 cm³/mol. The molecule has 4 rings (SSSR count). The van der Waals surface area contributed by atoms with Gasteiger partial charge in [0, 0.05) is 11.5 Å². The van der Waals surface area contributed by atoms with Crippen molar-refractivity contribution in [1.29, 1.82) is 0 Å². The minimum absolute atomic E-state index is 0.101. The van der Waals surface area contributed by atoms with Gasteiger partial charge in [0.1, 0.15) is 6.10 Å². The van der Waals surface area contributed by atoms with Crippen LogP contribution in [-0.2, 0) is 27.4 Å². The molecule has 0 spiro atoms. The van der Waals surface area contributed by atoms with Gasteiger partial charge in [0.15, 0.2) is 0 Å². The molecule has 3 aromatic carbocycles. The number of Topliss-reactive ketones (excluding diaryl/α,β-unsaturated/α-hetero) is 1. The van der Waals surface area contributed by atoms with Crippen LogP contribution in [0.1, 0.15) is 47.3 Å². The number of carbonyl (C=O) groups excluding carboxylic acids is 1. The Morgan fingerprint density at radius 2 is 1.43 bits per heavy atom. The highest BCUT2D eigenvalue weighted by Gasteiger charge is 2.58. The fourth-order valence-corrected chi connectivity index (χ4v) is 4.64. The van der Waals surface area contributed by atoms with E-state index in [2.05, 4.69) is 0 Å². The molecular formula is C30H34O5. The summed E-state index contributed by atoms with van der Waals surface area (Å²) in [6.07, 6.45) is -1.32. The number of ether oxygens (including phenoxy) is 3. The highest BCUT2D eigenvalue weighted by Crippen LogP contribution is 2.39. The second-order valence-electron chi connectivity index (χ2n) is 9.29. The molecule has 1 aliphatic rings. The molecule has 1 heterocycles. The van der Waals surface area contributed by atoms with E-state index in [0.29, 0.717) is 18.6 Å². The van der Waals surface area contributed by atoms with Gasteiger partial charge in [-0.1, -0.05) is 104 Å². The second-order valence-corrected chi connectivity index (χ2v) is 9.29. The molecule has 1 N–H and O–H groups in total. The van der Waals surface area contributed by atoms with Gasteiger partial charge in [-0.2, -0.15) is 0 Å². The molecule has 35 heavy (non-hydrogen) atoms. The normalized spacial score (nSPS) is 26.4. The van der Waals surface area contributed by atoms with E-state index in [4.69, 9.17) is 14.2 Å². The number of hydrogen-bond acceptors (Lipinski definition) is 5. The molecule has 0 unspecified atom stereocenters. The molecule has 5 atom stereocenters. The minimum Gasteiger partial charge on any atom is -0.370 e. The molecule has 1 fully saturated rings. The summed E-state index contributed by atoms with van der Waals surface area (Å²) in [7, 11) is 0. The van der Waals surface area contributed by atoms with Crippen LogP contribution >= 0.6 is 0 Å². The molecule has 0 bridgehead atoms. The molecular weight excluding hydrogens is 440 g/mol. The zero-order valence-electron chi connectivity index (χ0n) is 20.6. The van der Waals surface area contributed by atoms with E-state index < -0.39 is 23.8 Å². The maximum Gasteiger partial charge on any atom is 0.261 e. The Bertz CT molecular complexity index is 1080. The fourth-order valence-electron chi connectivity index (χ4n) is 4.64. The summed E-state index contributed by atoms with van der Waals surface area (Å²) < 4.78 is 18.9. The van der Waals surface area contributed by atoms with Crippen LogP contribution in [0.5, 0.6) is 0 Å². The maximum atomic E-state index is 13.7. The van der Waals surface area contributed by atoms with E-state index in [1.54, 1.807) is 12.1 Å². The van der Waals surface area contributed by atoms with Gasteiger partial charge in [0.05, 0.1) is 25.4 Å². The first kappa shape index (κ1) is 25.3. The summed E-state index contributed by atoms with van der Waals surface area (Å²) in [6, 6.07) is 26.7. The van der Waals surface area contributed by atoms with Gasteiger partial charge in [-0.25, -0.2) is 0 Å². The summed E-state index contributed by atoms with van der Waals surface area (Å²) in [5.41, 5.74) is 3.34. The summed E-state index contributed by atoms with van der Waals surface area (Å²) in [6.45, 7) is 6.52. The van der Waals surface area contributed by atoms with Crippen LogP contribution in [0.15, 0.2) is 84.9 Å². The van der Waals surface area contributed by atoms with E-state index in [1.807, 2.05) is 93.6 Å². The number of aryl methyl sites for hydroxylation is 1. The molecule has 0 aliphatic carbocycles. The summed E-state index contributed by atoms with van der Waals surface area (Å²) >= 11 is 0. The lowest BCUT2D eigenvalue weighted by atomic mass is 9.82. The third-order valence-corrected chi connectivity index (χ3v) is 6.72. The van der Waals surface area contributed by atoms with E-state index in [1.165, 1.54) is 0 Å². The highest BCUT2D eigenvalue weighted by molar-refractivity contribution is 6.02. The van der Waals surface area contributed by atoms with E-state index in [9.17, 15) is 9.90 Å². The Morgan fingerprint density at radius 1 is 0.886 bits per heavy atom. The first-order valence-electron chi connectivity index (χ1n) is 12.2. The lowest BCUT2D eigenvalue weighted by Gasteiger charge is -2.49. The van der Waals surface area contributed by atoms with Crippen LogP contribution in [0.3, 0.4) is 0 Å². The van der Waals surface area contributed by atoms with Crippen molar-refractivity contribution in [3.63, 3.8) is 0 Å². The Labute approximate surface area is 207 Å². The molecule has 5 heteroatoms. The molecule has 184 valence electrons. The van der Waals surface area contributed by atoms with Crippen LogP contribution in [0.4, 0.5) is 0 Å². The Balaban J connectivity index is 1.68. The van der Waals surface area contributed by atoms with Gasteiger partial charge < -0.3 is 19.3 Å². The highest BCUT2D eigenvalue weighted by atomic mass is 16.7. The van der Waals surface area contributed by atoms with Gasteiger partial charge in [0.2, 0.25) is 5.78 Å². The lowest BCUT2D eigenvalue weighted by molar-refractivity contribution is -0.326. The largest absolute Gasteiger partial charge is 0.370 e. The minimum atomic E-state index is -2.18. The molecule has 3 aromatic rings. The number of hydrogen-bond donors (Lipinski definition) is 1. The van der Waals surface area contributed by atoms with Gasteiger partial charge in [-0.3, -0.25) is 4.79 Å². The molecule has 0 amide bonds. The zero-order valence-corrected chi connectivity index (χ0v) is 20.6. The smallest absolute Gasteiger partial charge is 0.261 e. The van der Waals surface area contributed by atoms with Crippen LogP contribution < -0.4 is 0 Å². The lowest BCUT2D eigenvalue weighted by Crippen LogP contribution is -2.66. The maximum absolute atomic E-state index is 13.7. The number of ketones is 1. The van der Waals surface area contributed by atoms with Crippen LogP contribution in [-0.4, -0.2) is 35.0 Å². The molecule has 1 saturated heterocycles. The quantitative estimate of drug-likeness (QED) is 0.416. The van der Waals surface area contributed by atoms with E-state index >= 15 is 0 Å². The van der Waals surface area contributed by atoms with Crippen molar-refractivity contribution in [1.82, 2.24) is 0 Å². The fraction of sp³-hybridized carbons (Fsp3) is 0.367. The summed E-state index contributed by atoms with van der Waals surface area (Å²) in [5.74, 6) is -2.80. The van der Waals surface area contributed by atoms with Crippen molar-refractivity contribution in [3.05, 3.63) is 107 Å². The third-order valence-electron chi connectivity index (χ3n) is 6.72. The SMILES string of the molecule is CC[C@H]1O[C@@](O)(C(=O)c2ccc(C)cc2)[C@H](OCc2ccccc2)[C@@H](OCc2ccccc2)[C@@H]1C. The Morgan fingerprint density at radius 3 is 1.97 bits per heavy atom. The van der Waals surface area contributed by atoms with Crippen LogP contribution in [0.25, 0.3) is 0 Å². The summed E-state index contributed by atoms with van der Waals surface area (Å²) in [4.78, 5) is 13.7. The van der Waals surface area contributed by atoms with Gasteiger partial charge in [-0.05, 0) is 24.5 Å². The van der Waals surface area contributed by atoms with Crippen molar-refractivity contribution in [3.8, 4) is 0 Å². The van der Waals surface area contributed by atoms with Crippen molar-refractivity contribution in [2.75, 3.05) is 0 Å². The van der Waals surface area contributed by atoms with E-state index in [0.717, 1.165) is 16.7 Å². The van der Waals surface area contributed by atoms with Crippen LogP contribution in [0.2, 0.25) is 0 Å². The van der Waals surface area contributed by atoms with Gasteiger partial charge in [0.25, 0.3) is 5.79 Å². The number of rotatable bonds is 9. The summed E-state index contributed by atoms with van der Waals surface area (Å²) in [5, 5.41) is 11.9. The topological polar surface area (TPSA) is 65.0 Å². The van der Waals surface area contributed by atoms with Gasteiger partial charge >= 0.3 is 0 Å². The average Bonchev–Trinajstić information content (AvgIpc) is 2.89. The van der Waals surface area contributed by atoms with Crippen molar-refractivity contribution in [2.24, 2.45) is 5.92 Å². The van der Waals surface area contributed by atoms with Crippen molar-refractivity contribution >= 4 is 5.78 Å². The van der Waals surface area contributed by atoms with Crippen LogP contribution in [0, 0.1) is 12.8 Å². The first-order chi connectivity index (χ1) is 16.9. The molecule has 5 nitrogen and oxygen atoms in total. The Hall–Kier alpha value is -2.83. The molecule has 0 radical (unpaired) electrons. The van der Waals surface area contributed by atoms with Gasteiger partial charge in [-0.15, -0.1) is 0 Å². The zero-order chi connectivity index (χ0) is 24.8. The Kier molecular flexibility index (Phi) is 8.14.